The predicted molar refractivity (Wildman–Crippen MR) is 275 cm³/mol. The van der Waals surface area contributed by atoms with Gasteiger partial charge in [-0.05, 0) is 105 Å². The van der Waals surface area contributed by atoms with Crippen molar-refractivity contribution in [1.29, 1.82) is 0 Å². The van der Waals surface area contributed by atoms with Crippen molar-refractivity contribution in [2.75, 3.05) is 33.0 Å². The van der Waals surface area contributed by atoms with Gasteiger partial charge in [-0.15, -0.1) is 0 Å². The van der Waals surface area contributed by atoms with Crippen molar-refractivity contribution in [3.8, 4) is 0 Å². The molecule has 10 rings (SSSR count). The van der Waals surface area contributed by atoms with Crippen molar-refractivity contribution in [1.82, 2.24) is 0 Å². The SMILES string of the molecule is CC1CC(C)OC2(O1)C(C)CCCC2C.CC1CCCC(C)C12OCC(C)(C)CO2.CC1CCCC(C)C12OCCO2.CC1COC2(O1)C(C)CCCC2C.CC1OC2(OC1C)C(C)CCCC2C. The highest BCUT2D eigenvalue weighted by Gasteiger charge is 2.55. The molecule has 5 heterocycles. The molecule has 0 aromatic heterocycles. The zero-order valence-electron chi connectivity index (χ0n) is 47.6. The van der Waals surface area contributed by atoms with Crippen molar-refractivity contribution in [3.63, 3.8) is 0 Å². The molecule has 10 fully saturated rings. The van der Waals surface area contributed by atoms with Gasteiger partial charge in [-0.25, -0.2) is 0 Å². The summed E-state index contributed by atoms with van der Waals surface area (Å²) in [5.41, 5.74) is 0.183. The Hall–Kier alpha value is -0.400. The second-order valence-corrected chi connectivity index (χ2v) is 25.7. The van der Waals surface area contributed by atoms with Gasteiger partial charge in [-0.3, -0.25) is 0 Å². The van der Waals surface area contributed by atoms with E-state index in [9.17, 15) is 0 Å². The van der Waals surface area contributed by atoms with Crippen LogP contribution in [0.15, 0.2) is 0 Å². The van der Waals surface area contributed by atoms with Gasteiger partial charge < -0.3 is 47.4 Å². The first-order chi connectivity index (χ1) is 32.5. The Morgan fingerprint density at radius 2 is 0.565 bits per heavy atom. The van der Waals surface area contributed by atoms with Crippen molar-refractivity contribution in [2.24, 2.45) is 64.6 Å². The summed E-state index contributed by atoms with van der Waals surface area (Å²) >= 11 is 0. The summed E-state index contributed by atoms with van der Waals surface area (Å²) in [4.78, 5) is 0. The first-order valence-electron chi connectivity index (χ1n) is 29.1. The molecule has 10 heteroatoms. The largest absolute Gasteiger partial charge is 0.349 e. The number of ether oxygens (including phenoxy) is 10. The molecule has 404 valence electrons. The highest BCUT2D eigenvalue weighted by Crippen LogP contribution is 2.50. The molecule has 0 N–H and O–H groups in total. The van der Waals surface area contributed by atoms with E-state index in [4.69, 9.17) is 47.4 Å². The maximum atomic E-state index is 6.19. The van der Waals surface area contributed by atoms with E-state index in [2.05, 4.69) is 118 Å². The number of hydrogen-bond acceptors (Lipinski definition) is 10. The van der Waals surface area contributed by atoms with Gasteiger partial charge in [0, 0.05) is 64.6 Å². The molecule has 5 aliphatic carbocycles. The second-order valence-electron chi connectivity index (χ2n) is 25.7. The summed E-state index contributed by atoms with van der Waals surface area (Å²) in [6.07, 6.45) is 21.6. The van der Waals surface area contributed by atoms with Crippen LogP contribution in [0.3, 0.4) is 0 Å². The van der Waals surface area contributed by atoms with Gasteiger partial charge in [-0.2, -0.15) is 0 Å². The number of hydrogen-bond donors (Lipinski definition) is 0. The molecule has 0 aromatic rings. The Kier molecular flexibility index (Phi) is 20.2. The van der Waals surface area contributed by atoms with Crippen molar-refractivity contribution >= 4 is 0 Å². The van der Waals surface area contributed by atoms with Gasteiger partial charge in [0.05, 0.1) is 63.6 Å². The lowest BCUT2D eigenvalue weighted by atomic mass is 9.76. The molecular formula is C59H108O10. The lowest BCUT2D eigenvalue weighted by molar-refractivity contribution is -0.361. The molecule has 69 heavy (non-hydrogen) atoms. The monoisotopic (exact) mass is 977 g/mol. The van der Waals surface area contributed by atoms with E-state index < -0.39 is 0 Å². The van der Waals surface area contributed by atoms with E-state index >= 15 is 0 Å². The Bertz CT molecular complexity index is 1460. The Balaban J connectivity index is 0.000000142. The zero-order valence-corrected chi connectivity index (χ0v) is 47.6. The normalized spacial score (nSPS) is 47.5. The maximum absolute atomic E-state index is 6.19. The van der Waals surface area contributed by atoms with Crippen LogP contribution in [0.2, 0.25) is 0 Å². The molecule has 5 aliphatic heterocycles. The van der Waals surface area contributed by atoms with Gasteiger partial charge in [0.2, 0.25) is 0 Å². The molecule has 15 atom stereocenters. The second kappa shape index (κ2) is 24.1. The molecular weight excluding hydrogens is 869 g/mol. The third kappa shape index (κ3) is 12.7. The van der Waals surface area contributed by atoms with Crippen LogP contribution >= 0.6 is 0 Å². The summed E-state index contributed by atoms with van der Waals surface area (Å²) in [5.74, 6) is 4.22. The van der Waals surface area contributed by atoms with Gasteiger partial charge >= 0.3 is 0 Å². The average Bonchev–Trinajstić information content (AvgIpc) is 4.02. The Labute approximate surface area is 423 Å². The summed E-state index contributed by atoms with van der Waals surface area (Å²) in [7, 11) is 0. The first kappa shape index (κ1) is 57.9. The Morgan fingerprint density at radius 3 is 0.884 bits per heavy atom. The molecule has 10 aliphatic rings. The molecule has 5 saturated carbocycles. The zero-order chi connectivity index (χ0) is 50.6. The van der Waals surface area contributed by atoms with E-state index in [-0.39, 0.29) is 52.7 Å². The summed E-state index contributed by atoms with van der Waals surface area (Å²) < 4.78 is 60.3. The van der Waals surface area contributed by atoms with Crippen LogP contribution in [0.5, 0.6) is 0 Å². The van der Waals surface area contributed by atoms with Crippen LogP contribution in [0.4, 0.5) is 0 Å². The molecule has 0 bridgehead atoms. The molecule has 15 unspecified atom stereocenters. The molecule has 0 aromatic carbocycles. The predicted octanol–water partition coefficient (Wildman–Crippen LogP) is 14.3. The lowest BCUT2D eigenvalue weighted by Gasteiger charge is -2.52. The van der Waals surface area contributed by atoms with Crippen molar-refractivity contribution < 1.29 is 47.4 Å². The highest BCUT2D eigenvalue weighted by molar-refractivity contribution is 4.95. The van der Waals surface area contributed by atoms with Crippen LogP contribution in [-0.2, 0) is 47.4 Å². The van der Waals surface area contributed by atoms with E-state index in [0.29, 0.717) is 71.4 Å². The maximum Gasteiger partial charge on any atom is 0.174 e. The first-order valence-corrected chi connectivity index (χ1v) is 29.1. The minimum Gasteiger partial charge on any atom is -0.349 e. The quantitative estimate of drug-likeness (QED) is 0.234. The average molecular weight is 978 g/mol. The van der Waals surface area contributed by atoms with Gasteiger partial charge in [0.25, 0.3) is 0 Å². The van der Waals surface area contributed by atoms with Crippen LogP contribution in [-0.4, -0.2) is 92.5 Å². The van der Waals surface area contributed by atoms with E-state index in [1.165, 1.54) is 96.3 Å². The molecule has 0 amide bonds. The standard InChI is InChI=1S/2C13H24O2.C12H22O2.C11H20O2.C10H18O2/c1-10-6-5-7-11(2)13(10)14-8-12(3,4)9-15-13;1-9-6-5-7-10(2)13(9)14-11(3)8-12(4)15-13;1-8-6-5-7-9(2)12(8)13-10(3)11(4)14-12;1-8-5-4-6-9(2)11(8)12-7-10(3)13-11;1-8-4-3-5-9(2)10(8)11-6-7-12-10/h10-11H,5-9H2,1-4H3;9-12H,5-8H2,1-4H3;8-11H,5-7H2,1-4H3;8-10H,4-7H2,1-3H3;8-9H,3-7H2,1-2H3. The topological polar surface area (TPSA) is 92.3 Å². The third-order valence-corrected chi connectivity index (χ3v) is 19.1. The minimum atomic E-state index is -0.282. The highest BCUT2D eigenvalue weighted by atomic mass is 16.8. The van der Waals surface area contributed by atoms with Gasteiger partial charge in [0.15, 0.2) is 28.9 Å². The molecule has 5 saturated heterocycles. The fourth-order valence-corrected chi connectivity index (χ4v) is 14.5. The van der Waals surface area contributed by atoms with Gasteiger partial charge in [-0.1, -0.05) is 115 Å². The summed E-state index contributed by atoms with van der Waals surface area (Å²) in [6, 6.07) is 0. The lowest BCUT2D eigenvalue weighted by Crippen LogP contribution is -2.56. The molecule has 5 spiro atoms. The number of rotatable bonds is 0. The summed E-state index contributed by atoms with van der Waals surface area (Å²) in [6.45, 7) is 41.8. The van der Waals surface area contributed by atoms with Crippen LogP contribution in [0, 0.1) is 64.6 Å². The van der Waals surface area contributed by atoms with E-state index in [1.54, 1.807) is 0 Å². The molecule has 10 nitrogen and oxygen atoms in total. The van der Waals surface area contributed by atoms with Crippen LogP contribution < -0.4 is 0 Å². The van der Waals surface area contributed by atoms with Gasteiger partial charge in [0.1, 0.15) is 0 Å². The van der Waals surface area contributed by atoms with Crippen LogP contribution in [0.1, 0.15) is 220 Å². The van der Waals surface area contributed by atoms with Crippen molar-refractivity contribution in [2.45, 2.75) is 280 Å². The van der Waals surface area contributed by atoms with E-state index in [0.717, 1.165) is 39.5 Å². The summed E-state index contributed by atoms with van der Waals surface area (Å²) in [5, 5.41) is 0. The fraction of sp³-hybridized carbons (Fsp3) is 1.00. The fourth-order valence-electron chi connectivity index (χ4n) is 14.5. The van der Waals surface area contributed by atoms with Crippen LogP contribution in [0.25, 0.3) is 0 Å². The smallest absolute Gasteiger partial charge is 0.174 e. The molecule has 0 radical (unpaired) electrons. The third-order valence-electron chi connectivity index (χ3n) is 19.1. The van der Waals surface area contributed by atoms with E-state index in [1.807, 2.05) is 0 Å². The minimum absolute atomic E-state index is 0.183. The van der Waals surface area contributed by atoms with Crippen molar-refractivity contribution in [3.05, 3.63) is 0 Å². The Morgan fingerprint density at radius 1 is 0.290 bits per heavy atom.